The van der Waals surface area contributed by atoms with Crippen LogP contribution in [0.5, 0.6) is 0 Å². The van der Waals surface area contributed by atoms with Gasteiger partial charge in [-0.2, -0.15) is 8.42 Å². The Morgan fingerprint density at radius 3 is 1.76 bits per heavy atom. The minimum atomic E-state index is -4.63. The normalized spacial score (nSPS) is 10.2. The topological polar surface area (TPSA) is 133 Å². The van der Waals surface area contributed by atoms with Gasteiger partial charge >= 0.3 is 45.9 Å². The number of rotatable bonds is 13. The van der Waals surface area contributed by atoms with Gasteiger partial charge in [0.05, 0.1) is 5.97 Å². The Kier molecular flexibility index (Phi) is 23.8. The van der Waals surface area contributed by atoms with Crippen molar-refractivity contribution in [3.63, 3.8) is 0 Å². The van der Waals surface area contributed by atoms with Gasteiger partial charge in [0.1, 0.15) is 0 Å². The van der Waals surface area contributed by atoms with Crippen LogP contribution >= 0.6 is 0 Å². The molecule has 144 valence electrons. The first-order valence-corrected chi connectivity index (χ1v) is 9.63. The zero-order valence-corrected chi connectivity index (χ0v) is 18.4. The molecule has 0 aromatic rings. The molecular weight excluding hydrogens is 361 g/mol. The molecule has 2 N–H and O–H groups in total. The molecule has 8 nitrogen and oxygen atoms in total. The van der Waals surface area contributed by atoms with Crippen LogP contribution in [0.25, 0.3) is 0 Å². The van der Waals surface area contributed by atoms with Crippen molar-refractivity contribution in [1.29, 1.82) is 0 Å². The summed E-state index contributed by atoms with van der Waals surface area (Å²) < 4.78 is 32.5. The fraction of sp³-hybridized carbons (Fsp3) is 0.867. The Morgan fingerprint density at radius 1 is 1.00 bits per heavy atom. The Bertz CT molecular complexity index is 430. The SMILES string of the molecule is CCCCCCCCCCCC(=O)OS(=O)(=O)O.CNCC(=O)[O-].[Na+]. The molecule has 0 spiro atoms. The number of nitrogens with one attached hydrogen (secondary N) is 1. The third-order valence-corrected chi connectivity index (χ3v) is 3.40. The van der Waals surface area contributed by atoms with E-state index < -0.39 is 22.3 Å². The van der Waals surface area contributed by atoms with E-state index in [4.69, 9.17) is 4.55 Å². The van der Waals surface area contributed by atoms with E-state index in [9.17, 15) is 23.1 Å². The smallest absolute Gasteiger partial charge is 0.549 e. The minimum absolute atomic E-state index is 0. The van der Waals surface area contributed by atoms with Crippen LogP contribution in [0.3, 0.4) is 0 Å². The van der Waals surface area contributed by atoms with Crippen LogP contribution in [0.15, 0.2) is 0 Å². The van der Waals surface area contributed by atoms with Gasteiger partial charge in [-0.1, -0.05) is 58.3 Å². The third-order valence-electron chi connectivity index (χ3n) is 3.00. The summed E-state index contributed by atoms with van der Waals surface area (Å²) in [6.45, 7) is 2.12. The first-order chi connectivity index (χ1) is 11.2. The summed E-state index contributed by atoms with van der Waals surface area (Å²) in [5.74, 6) is -1.96. The molecule has 0 aliphatic heterocycles. The van der Waals surface area contributed by atoms with E-state index in [1.807, 2.05) is 0 Å². The molecule has 0 atom stereocenters. The quantitative estimate of drug-likeness (QED) is 0.214. The maximum atomic E-state index is 10.9. The number of likely N-dealkylation sites (N-methyl/N-ethyl adjacent to an activating group) is 1. The Balaban J connectivity index is -0.000000592. The molecule has 0 radical (unpaired) electrons. The minimum Gasteiger partial charge on any atom is -0.549 e. The number of carbonyl (C=O) groups excluding carboxylic acids is 2. The molecule has 0 aliphatic carbocycles. The Labute approximate surface area is 173 Å². The number of carboxylic acids is 1. The summed E-state index contributed by atoms with van der Waals surface area (Å²) in [5, 5.41) is 11.8. The van der Waals surface area contributed by atoms with Crippen LogP contribution in [0.4, 0.5) is 0 Å². The zero-order valence-electron chi connectivity index (χ0n) is 15.6. The van der Waals surface area contributed by atoms with E-state index in [0.29, 0.717) is 6.42 Å². The second kappa shape index (κ2) is 20.1. The van der Waals surface area contributed by atoms with Crippen LogP contribution in [0, 0.1) is 0 Å². The van der Waals surface area contributed by atoms with E-state index in [0.717, 1.165) is 19.3 Å². The first kappa shape index (κ1) is 29.6. The molecule has 0 saturated carbocycles. The van der Waals surface area contributed by atoms with Gasteiger partial charge in [0, 0.05) is 13.0 Å². The molecule has 0 heterocycles. The van der Waals surface area contributed by atoms with Crippen molar-refractivity contribution >= 4 is 22.3 Å². The summed E-state index contributed by atoms with van der Waals surface area (Å²) in [4.78, 5) is 20.3. The van der Waals surface area contributed by atoms with E-state index in [1.165, 1.54) is 32.1 Å². The van der Waals surface area contributed by atoms with Gasteiger partial charge in [-0.25, -0.2) is 0 Å². The zero-order chi connectivity index (χ0) is 18.8. The second-order valence-corrected chi connectivity index (χ2v) is 6.39. The fourth-order valence-corrected chi connectivity index (χ4v) is 2.20. The summed E-state index contributed by atoms with van der Waals surface area (Å²) in [6, 6.07) is 0. The Hall–Kier alpha value is -0.190. The number of aliphatic carboxylic acids is 1. The number of carbonyl (C=O) groups is 2. The number of unbranched alkanes of at least 4 members (excludes halogenated alkanes) is 8. The summed E-state index contributed by atoms with van der Waals surface area (Å²) in [5.41, 5.74) is 0. The van der Waals surface area contributed by atoms with Crippen molar-refractivity contribution in [3.05, 3.63) is 0 Å². The van der Waals surface area contributed by atoms with E-state index in [2.05, 4.69) is 16.4 Å². The Morgan fingerprint density at radius 2 is 1.44 bits per heavy atom. The van der Waals surface area contributed by atoms with Crippen LogP contribution < -0.4 is 40.0 Å². The van der Waals surface area contributed by atoms with Crippen LogP contribution in [0.2, 0.25) is 0 Å². The van der Waals surface area contributed by atoms with Crippen LogP contribution in [0.1, 0.15) is 71.1 Å². The van der Waals surface area contributed by atoms with Gasteiger partial charge in [0.15, 0.2) is 0 Å². The third kappa shape index (κ3) is 32.0. The summed E-state index contributed by atoms with van der Waals surface area (Å²) in [7, 11) is -3.08. The van der Waals surface area contributed by atoms with E-state index >= 15 is 0 Å². The molecule has 0 unspecified atom stereocenters. The van der Waals surface area contributed by atoms with Crippen molar-refractivity contribution in [3.8, 4) is 0 Å². The predicted octanol–water partition coefficient (Wildman–Crippen LogP) is -1.79. The molecule has 25 heavy (non-hydrogen) atoms. The maximum absolute atomic E-state index is 10.9. The van der Waals surface area contributed by atoms with Crippen LogP contribution in [-0.2, 0) is 24.2 Å². The van der Waals surface area contributed by atoms with Gasteiger partial charge in [-0.15, -0.1) is 0 Å². The first-order valence-electron chi connectivity index (χ1n) is 8.27. The number of carboxylic acid groups (broad SMARTS) is 1. The van der Waals surface area contributed by atoms with Gasteiger partial charge in [-0.05, 0) is 13.5 Å². The van der Waals surface area contributed by atoms with Crippen molar-refractivity contribution in [2.24, 2.45) is 0 Å². The van der Waals surface area contributed by atoms with Crippen LogP contribution in [-0.4, -0.2) is 38.5 Å². The van der Waals surface area contributed by atoms with Crippen molar-refractivity contribution in [2.75, 3.05) is 13.6 Å². The monoisotopic (exact) mass is 391 g/mol. The molecule has 0 aromatic carbocycles. The molecule has 0 amide bonds. The van der Waals surface area contributed by atoms with Crippen molar-refractivity contribution in [2.45, 2.75) is 71.1 Å². The van der Waals surface area contributed by atoms with Gasteiger partial charge in [0.25, 0.3) is 0 Å². The molecule has 0 saturated heterocycles. The van der Waals surface area contributed by atoms with Gasteiger partial charge in [0.2, 0.25) is 0 Å². The van der Waals surface area contributed by atoms with Crippen molar-refractivity contribution < 1.29 is 61.4 Å². The molecule has 0 fully saturated rings. The molecule has 0 rings (SSSR count). The standard InChI is InChI=1S/C12H24O5S.C3H7NO2.Na/c1-2-3-4-5-6-7-8-9-10-11-12(13)17-18(14,15)16;1-4-2-3(5)6;/h2-11H2,1H3,(H,14,15,16);4H,2H2,1H3,(H,5,6);/q;;+1/p-1. The average Bonchev–Trinajstić information content (AvgIpc) is 2.44. The van der Waals surface area contributed by atoms with E-state index in [-0.39, 0.29) is 42.5 Å². The summed E-state index contributed by atoms with van der Waals surface area (Å²) in [6.07, 6.45) is 10.0. The molecule has 0 bridgehead atoms. The predicted molar refractivity (Wildman–Crippen MR) is 88.4 cm³/mol. The number of hydrogen-bond donors (Lipinski definition) is 2. The van der Waals surface area contributed by atoms with Gasteiger partial charge in [-0.3, -0.25) is 9.35 Å². The molecule has 0 aliphatic rings. The molecular formula is C15H30NNaO7S. The average molecular weight is 391 g/mol. The maximum Gasteiger partial charge on any atom is 1.00 e. The summed E-state index contributed by atoms with van der Waals surface area (Å²) >= 11 is 0. The van der Waals surface area contributed by atoms with Gasteiger partial charge < -0.3 is 19.4 Å². The van der Waals surface area contributed by atoms with Crippen molar-refractivity contribution in [1.82, 2.24) is 5.32 Å². The number of hydrogen-bond acceptors (Lipinski definition) is 7. The molecule has 0 aromatic heterocycles. The second-order valence-electron chi connectivity index (χ2n) is 5.36. The molecule has 10 heteroatoms. The largest absolute Gasteiger partial charge is 1.00 e. The van der Waals surface area contributed by atoms with E-state index in [1.54, 1.807) is 7.05 Å². The fourth-order valence-electron chi connectivity index (χ4n) is 1.88.